The average Bonchev–Trinajstić information content (AvgIpc) is 2.67. The Labute approximate surface area is 119 Å². The molecule has 0 atom stereocenters. The van der Waals surface area contributed by atoms with E-state index in [0.717, 1.165) is 14.9 Å². The van der Waals surface area contributed by atoms with Gasteiger partial charge in [-0.25, -0.2) is 8.42 Å². The molecule has 1 aromatic carbocycles. The monoisotopic (exact) mass is 345 g/mol. The van der Waals surface area contributed by atoms with Gasteiger partial charge >= 0.3 is 0 Å². The number of hydrogen-bond acceptors (Lipinski definition) is 4. The lowest BCUT2D eigenvalue weighted by molar-refractivity contribution is 0.596. The molecule has 0 radical (unpaired) electrons. The second-order valence-corrected chi connectivity index (χ2v) is 7.75. The molecule has 0 bridgehead atoms. The maximum absolute atomic E-state index is 12.3. The van der Waals surface area contributed by atoms with Gasteiger partial charge in [0.15, 0.2) is 9.84 Å². The molecule has 6 heteroatoms. The van der Waals surface area contributed by atoms with E-state index in [0.29, 0.717) is 5.69 Å². The van der Waals surface area contributed by atoms with Gasteiger partial charge in [-0.2, -0.15) is 0 Å². The molecule has 2 aromatic rings. The number of halogens is 1. The maximum Gasteiger partial charge on any atom is 0.185 e. The van der Waals surface area contributed by atoms with Crippen LogP contribution in [0.4, 0.5) is 5.69 Å². The molecule has 0 saturated carbocycles. The molecule has 0 unspecified atom stereocenters. The molecule has 0 amide bonds. The highest BCUT2D eigenvalue weighted by atomic mass is 79.9. The van der Waals surface area contributed by atoms with Crippen LogP contribution < -0.4 is 5.73 Å². The zero-order valence-electron chi connectivity index (χ0n) is 9.68. The van der Waals surface area contributed by atoms with E-state index in [2.05, 4.69) is 15.9 Å². The van der Waals surface area contributed by atoms with Crippen LogP contribution in [0.5, 0.6) is 0 Å². The summed E-state index contributed by atoms with van der Waals surface area (Å²) < 4.78 is 25.5. The predicted molar refractivity (Wildman–Crippen MR) is 78.5 cm³/mol. The van der Waals surface area contributed by atoms with Crippen molar-refractivity contribution < 1.29 is 8.42 Å². The minimum atomic E-state index is -3.40. The summed E-state index contributed by atoms with van der Waals surface area (Å²) >= 11 is 4.75. The average molecular weight is 346 g/mol. The van der Waals surface area contributed by atoms with Crippen LogP contribution in [0.3, 0.4) is 0 Å². The standard InChI is InChI=1S/C12H12BrNO2S2/c1-8-3-2-4-11(12(8)14)18(15,16)7-10-9(13)5-6-17-10/h2-6H,7,14H2,1H3. The van der Waals surface area contributed by atoms with Crippen LogP contribution in [0.1, 0.15) is 10.4 Å². The van der Waals surface area contributed by atoms with Crippen molar-refractivity contribution >= 4 is 42.8 Å². The fourth-order valence-electron chi connectivity index (χ4n) is 1.60. The van der Waals surface area contributed by atoms with Crippen molar-refractivity contribution in [3.8, 4) is 0 Å². The van der Waals surface area contributed by atoms with Crippen molar-refractivity contribution in [3.63, 3.8) is 0 Å². The zero-order chi connectivity index (χ0) is 13.3. The van der Waals surface area contributed by atoms with E-state index in [4.69, 9.17) is 5.73 Å². The molecule has 2 rings (SSSR count). The van der Waals surface area contributed by atoms with Crippen LogP contribution in [-0.2, 0) is 15.6 Å². The molecule has 18 heavy (non-hydrogen) atoms. The summed E-state index contributed by atoms with van der Waals surface area (Å²) in [6.07, 6.45) is 0. The lowest BCUT2D eigenvalue weighted by Gasteiger charge is -2.09. The van der Waals surface area contributed by atoms with Crippen molar-refractivity contribution in [2.75, 3.05) is 5.73 Å². The molecule has 2 N–H and O–H groups in total. The van der Waals surface area contributed by atoms with Crippen molar-refractivity contribution in [2.24, 2.45) is 0 Å². The summed E-state index contributed by atoms with van der Waals surface area (Å²) in [4.78, 5) is 0.999. The predicted octanol–water partition coefficient (Wildman–Crippen LogP) is 3.38. The highest BCUT2D eigenvalue weighted by Crippen LogP contribution is 2.30. The van der Waals surface area contributed by atoms with Crippen LogP contribution in [0.15, 0.2) is 39.0 Å². The first kappa shape index (κ1) is 13.6. The van der Waals surface area contributed by atoms with E-state index in [-0.39, 0.29) is 10.6 Å². The second kappa shape index (κ2) is 5.03. The summed E-state index contributed by atoms with van der Waals surface area (Å²) in [5.74, 6) is -0.0289. The molecular weight excluding hydrogens is 334 g/mol. The number of rotatable bonds is 3. The van der Waals surface area contributed by atoms with Gasteiger partial charge in [0, 0.05) is 9.35 Å². The van der Waals surface area contributed by atoms with Gasteiger partial charge in [0.2, 0.25) is 0 Å². The van der Waals surface area contributed by atoms with E-state index in [1.165, 1.54) is 11.3 Å². The van der Waals surface area contributed by atoms with Crippen LogP contribution >= 0.6 is 27.3 Å². The molecule has 0 aliphatic rings. The Kier molecular flexibility index (Phi) is 3.79. The number of nitrogen functional groups attached to an aromatic ring is 1. The molecule has 0 aliphatic heterocycles. The molecule has 1 heterocycles. The first-order valence-corrected chi connectivity index (χ1v) is 8.54. The Morgan fingerprint density at radius 1 is 1.33 bits per heavy atom. The minimum absolute atomic E-state index is 0.0289. The number of para-hydroxylation sites is 1. The van der Waals surface area contributed by atoms with Crippen molar-refractivity contribution in [2.45, 2.75) is 17.6 Å². The van der Waals surface area contributed by atoms with Crippen molar-refractivity contribution in [1.82, 2.24) is 0 Å². The third kappa shape index (κ3) is 2.60. The smallest absolute Gasteiger partial charge is 0.185 e. The molecule has 0 fully saturated rings. The fourth-order valence-corrected chi connectivity index (χ4v) is 5.24. The summed E-state index contributed by atoms with van der Waals surface area (Å²) in [5.41, 5.74) is 6.97. The summed E-state index contributed by atoms with van der Waals surface area (Å²) in [7, 11) is -3.40. The number of nitrogens with two attached hydrogens (primary N) is 1. The number of thiophene rings is 1. The van der Waals surface area contributed by atoms with E-state index in [1.54, 1.807) is 25.1 Å². The van der Waals surface area contributed by atoms with Crippen LogP contribution in [0.25, 0.3) is 0 Å². The van der Waals surface area contributed by atoms with Gasteiger partial charge in [-0.3, -0.25) is 0 Å². The third-order valence-corrected chi connectivity index (χ3v) is 6.44. The summed E-state index contributed by atoms with van der Waals surface area (Å²) in [5, 5.41) is 1.86. The highest BCUT2D eigenvalue weighted by Gasteiger charge is 2.20. The lowest BCUT2D eigenvalue weighted by atomic mass is 10.2. The largest absolute Gasteiger partial charge is 0.397 e. The summed E-state index contributed by atoms with van der Waals surface area (Å²) in [6.45, 7) is 1.80. The number of sulfone groups is 1. The van der Waals surface area contributed by atoms with Crippen LogP contribution in [0, 0.1) is 6.92 Å². The molecule has 96 valence electrons. The minimum Gasteiger partial charge on any atom is -0.397 e. The fraction of sp³-hybridized carbons (Fsp3) is 0.167. The highest BCUT2D eigenvalue weighted by molar-refractivity contribution is 9.10. The van der Waals surface area contributed by atoms with E-state index < -0.39 is 9.84 Å². The molecule has 0 aliphatic carbocycles. The maximum atomic E-state index is 12.3. The van der Waals surface area contributed by atoms with E-state index >= 15 is 0 Å². The SMILES string of the molecule is Cc1cccc(S(=O)(=O)Cc2sccc2Br)c1N. The first-order chi connectivity index (χ1) is 8.42. The van der Waals surface area contributed by atoms with Crippen molar-refractivity contribution in [1.29, 1.82) is 0 Å². The van der Waals surface area contributed by atoms with Gasteiger partial charge in [0.05, 0.1) is 16.3 Å². The molecule has 0 spiro atoms. The number of anilines is 1. The molecule has 1 aromatic heterocycles. The van der Waals surface area contributed by atoms with Crippen LogP contribution in [0.2, 0.25) is 0 Å². The van der Waals surface area contributed by atoms with E-state index in [1.807, 2.05) is 11.4 Å². The first-order valence-electron chi connectivity index (χ1n) is 5.21. The van der Waals surface area contributed by atoms with Crippen LogP contribution in [-0.4, -0.2) is 8.42 Å². The van der Waals surface area contributed by atoms with Gasteiger partial charge in [0.25, 0.3) is 0 Å². The van der Waals surface area contributed by atoms with E-state index in [9.17, 15) is 8.42 Å². The number of benzene rings is 1. The molecular formula is C12H12BrNO2S2. The van der Waals surface area contributed by atoms with Gasteiger partial charge in [-0.1, -0.05) is 12.1 Å². The Morgan fingerprint density at radius 2 is 2.06 bits per heavy atom. The molecule has 0 saturated heterocycles. The quantitative estimate of drug-likeness (QED) is 0.867. The van der Waals surface area contributed by atoms with Gasteiger partial charge in [-0.05, 0) is 45.9 Å². The topological polar surface area (TPSA) is 60.2 Å². The Bertz CT molecular complexity index is 677. The number of aryl methyl sites for hydroxylation is 1. The van der Waals surface area contributed by atoms with Gasteiger partial charge in [0.1, 0.15) is 0 Å². The lowest BCUT2D eigenvalue weighted by Crippen LogP contribution is -2.08. The molecule has 3 nitrogen and oxygen atoms in total. The normalized spacial score (nSPS) is 11.7. The Balaban J connectivity index is 2.43. The number of hydrogen-bond donors (Lipinski definition) is 1. The van der Waals surface area contributed by atoms with Crippen molar-refractivity contribution in [3.05, 3.63) is 44.6 Å². The Morgan fingerprint density at radius 3 is 2.67 bits per heavy atom. The second-order valence-electron chi connectivity index (χ2n) is 3.94. The van der Waals surface area contributed by atoms with Gasteiger partial charge in [-0.15, -0.1) is 11.3 Å². The summed E-state index contributed by atoms with van der Waals surface area (Å²) in [6, 6.07) is 6.91. The van der Waals surface area contributed by atoms with Gasteiger partial charge < -0.3 is 5.73 Å². The third-order valence-electron chi connectivity index (χ3n) is 2.63. The zero-order valence-corrected chi connectivity index (χ0v) is 12.9. The Hall–Kier alpha value is -0.850.